The topological polar surface area (TPSA) is 74.8 Å². The molecule has 2 amide bonds. The van der Waals surface area contributed by atoms with Crippen LogP contribution in [0.3, 0.4) is 0 Å². The van der Waals surface area contributed by atoms with E-state index in [2.05, 4.69) is 16.2 Å². The summed E-state index contributed by atoms with van der Waals surface area (Å²) in [6.45, 7) is 2.89. The Balaban J connectivity index is 1.53. The standard InChI is InChI=1S/C24H25FN4O3/c1-2-10-27-23(30)18-28-12-4-13-29(15-14-28)24(31)9-7-19-6-8-22(21(25)16-19)32-20-5-3-11-26-17-20/h1,3,5-9,11,16-17H,4,10,12-15,18H2,(H,27,30)/b9-7+. The molecule has 0 radical (unpaired) electrons. The van der Waals surface area contributed by atoms with Gasteiger partial charge < -0.3 is 15.0 Å². The summed E-state index contributed by atoms with van der Waals surface area (Å²) in [5, 5.41) is 2.64. The van der Waals surface area contributed by atoms with Crippen molar-refractivity contribution in [3.05, 3.63) is 60.2 Å². The van der Waals surface area contributed by atoms with Crippen LogP contribution in [0, 0.1) is 18.2 Å². The molecule has 1 aliphatic heterocycles. The molecule has 0 atom stereocenters. The minimum Gasteiger partial charge on any atom is -0.453 e. The molecule has 32 heavy (non-hydrogen) atoms. The maximum Gasteiger partial charge on any atom is 0.246 e. The fourth-order valence-electron chi connectivity index (χ4n) is 3.27. The van der Waals surface area contributed by atoms with Crippen molar-refractivity contribution >= 4 is 17.9 Å². The van der Waals surface area contributed by atoms with Crippen molar-refractivity contribution in [2.45, 2.75) is 6.42 Å². The molecule has 1 aromatic carbocycles. The summed E-state index contributed by atoms with van der Waals surface area (Å²) in [6.07, 6.45) is 12.0. The maximum atomic E-state index is 14.4. The van der Waals surface area contributed by atoms with Crippen LogP contribution in [0.1, 0.15) is 12.0 Å². The Morgan fingerprint density at radius 1 is 1.25 bits per heavy atom. The average Bonchev–Trinajstić information content (AvgIpc) is 3.04. The molecule has 1 aromatic heterocycles. The molecule has 0 spiro atoms. The molecule has 7 nitrogen and oxygen atoms in total. The number of terminal acetylenes is 1. The number of hydrogen-bond acceptors (Lipinski definition) is 5. The highest BCUT2D eigenvalue weighted by atomic mass is 19.1. The molecule has 8 heteroatoms. The second-order valence-corrected chi connectivity index (χ2v) is 7.25. The van der Waals surface area contributed by atoms with Crippen molar-refractivity contribution in [2.24, 2.45) is 0 Å². The van der Waals surface area contributed by atoms with Crippen molar-refractivity contribution in [3.63, 3.8) is 0 Å². The van der Waals surface area contributed by atoms with Gasteiger partial charge in [0.2, 0.25) is 11.8 Å². The van der Waals surface area contributed by atoms with Crippen molar-refractivity contribution in [2.75, 3.05) is 39.3 Å². The van der Waals surface area contributed by atoms with Crippen molar-refractivity contribution in [1.82, 2.24) is 20.1 Å². The van der Waals surface area contributed by atoms with Crippen molar-refractivity contribution in [1.29, 1.82) is 0 Å². The zero-order chi connectivity index (χ0) is 22.8. The van der Waals surface area contributed by atoms with Gasteiger partial charge >= 0.3 is 0 Å². The first-order valence-corrected chi connectivity index (χ1v) is 10.3. The van der Waals surface area contributed by atoms with E-state index in [-0.39, 0.29) is 30.7 Å². The van der Waals surface area contributed by atoms with E-state index in [9.17, 15) is 14.0 Å². The number of benzene rings is 1. The van der Waals surface area contributed by atoms with Gasteiger partial charge in [-0.1, -0.05) is 12.0 Å². The lowest BCUT2D eigenvalue weighted by Gasteiger charge is -2.20. The number of carbonyl (C=O) groups excluding carboxylic acids is 2. The van der Waals surface area contributed by atoms with Crippen LogP contribution in [0.4, 0.5) is 4.39 Å². The van der Waals surface area contributed by atoms with E-state index in [0.717, 1.165) is 13.0 Å². The van der Waals surface area contributed by atoms with Crippen LogP contribution in [0.25, 0.3) is 6.08 Å². The molecule has 0 saturated carbocycles. The summed E-state index contributed by atoms with van der Waals surface area (Å²) in [5.74, 6) is 2.09. The highest BCUT2D eigenvalue weighted by Gasteiger charge is 2.19. The molecule has 3 rings (SSSR count). The summed E-state index contributed by atoms with van der Waals surface area (Å²) in [6, 6.07) is 7.89. The molecule has 0 unspecified atom stereocenters. The van der Waals surface area contributed by atoms with E-state index in [4.69, 9.17) is 11.2 Å². The number of nitrogens with zero attached hydrogens (tertiary/aromatic N) is 3. The Kier molecular flexibility index (Phi) is 8.35. The second-order valence-electron chi connectivity index (χ2n) is 7.25. The van der Waals surface area contributed by atoms with E-state index in [1.165, 1.54) is 24.4 Å². The summed E-state index contributed by atoms with van der Waals surface area (Å²) in [4.78, 5) is 32.1. The zero-order valence-electron chi connectivity index (χ0n) is 17.7. The zero-order valence-corrected chi connectivity index (χ0v) is 17.7. The summed E-state index contributed by atoms with van der Waals surface area (Å²) in [5.41, 5.74) is 0.552. The summed E-state index contributed by atoms with van der Waals surface area (Å²) >= 11 is 0. The quantitative estimate of drug-likeness (QED) is 0.533. The average molecular weight is 436 g/mol. The van der Waals surface area contributed by atoms with E-state index in [0.29, 0.717) is 30.9 Å². The van der Waals surface area contributed by atoms with Gasteiger partial charge in [0.05, 0.1) is 19.3 Å². The molecular weight excluding hydrogens is 411 g/mol. The Hall–Kier alpha value is -3.70. The first-order valence-electron chi connectivity index (χ1n) is 10.3. The van der Waals surface area contributed by atoms with E-state index in [1.807, 2.05) is 4.90 Å². The van der Waals surface area contributed by atoms with E-state index in [1.54, 1.807) is 35.4 Å². The number of ether oxygens (including phenoxy) is 1. The normalized spacial score (nSPS) is 14.6. The predicted molar refractivity (Wildman–Crippen MR) is 119 cm³/mol. The number of aromatic nitrogens is 1. The van der Waals surface area contributed by atoms with E-state index >= 15 is 0 Å². The molecule has 0 aliphatic carbocycles. The lowest BCUT2D eigenvalue weighted by molar-refractivity contribution is -0.125. The highest BCUT2D eigenvalue weighted by Crippen LogP contribution is 2.24. The second kappa shape index (κ2) is 11.6. The van der Waals surface area contributed by atoms with Crippen LogP contribution < -0.4 is 10.1 Å². The lowest BCUT2D eigenvalue weighted by atomic mass is 10.2. The molecule has 2 aromatic rings. The van der Waals surface area contributed by atoms with Crippen LogP contribution in [0.5, 0.6) is 11.5 Å². The first-order chi connectivity index (χ1) is 15.5. The minimum atomic E-state index is -0.531. The molecule has 1 N–H and O–H groups in total. The Bertz CT molecular complexity index is 1000. The number of hydrogen-bond donors (Lipinski definition) is 1. The minimum absolute atomic E-state index is 0.0837. The Labute approximate surface area is 186 Å². The van der Waals surface area contributed by atoms with Gasteiger partial charge in [-0.05, 0) is 42.3 Å². The molecule has 166 valence electrons. The molecule has 1 saturated heterocycles. The fourth-order valence-corrected chi connectivity index (χ4v) is 3.27. The SMILES string of the molecule is C#CCNC(=O)CN1CCCN(C(=O)/C=C/c2ccc(Oc3cccnc3)c(F)c2)CC1. The van der Waals surface area contributed by atoms with Crippen LogP contribution in [0.2, 0.25) is 0 Å². The first kappa shape index (κ1) is 23.0. The van der Waals surface area contributed by atoms with Gasteiger partial charge in [-0.25, -0.2) is 4.39 Å². The number of pyridine rings is 1. The fraction of sp³-hybridized carbons (Fsp3) is 0.292. The van der Waals surface area contributed by atoms with Crippen LogP contribution in [-0.4, -0.2) is 65.9 Å². The van der Waals surface area contributed by atoms with Gasteiger partial charge in [0.1, 0.15) is 5.75 Å². The Morgan fingerprint density at radius 2 is 2.12 bits per heavy atom. The number of nitrogens with one attached hydrogen (secondary N) is 1. The number of carbonyl (C=O) groups is 2. The summed E-state index contributed by atoms with van der Waals surface area (Å²) in [7, 11) is 0. The third-order valence-corrected chi connectivity index (χ3v) is 4.89. The van der Waals surface area contributed by atoms with Crippen LogP contribution in [-0.2, 0) is 9.59 Å². The third kappa shape index (κ3) is 6.93. The Morgan fingerprint density at radius 3 is 2.88 bits per heavy atom. The van der Waals surface area contributed by atoms with Crippen LogP contribution >= 0.6 is 0 Å². The van der Waals surface area contributed by atoms with Gasteiger partial charge in [0.15, 0.2) is 11.6 Å². The monoisotopic (exact) mass is 436 g/mol. The third-order valence-electron chi connectivity index (χ3n) is 4.89. The van der Waals surface area contributed by atoms with Crippen LogP contribution in [0.15, 0.2) is 48.8 Å². The predicted octanol–water partition coefficient (Wildman–Crippen LogP) is 2.31. The van der Waals surface area contributed by atoms with Crippen molar-refractivity contribution in [3.8, 4) is 23.8 Å². The van der Waals surface area contributed by atoms with Gasteiger partial charge in [-0.15, -0.1) is 6.42 Å². The smallest absolute Gasteiger partial charge is 0.246 e. The van der Waals surface area contributed by atoms with Gasteiger partial charge in [-0.3, -0.25) is 19.5 Å². The molecular formula is C24H25FN4O3. The van der Waals surface area contributed by atoms with E-state index < -0.39 is 5.82 Å². The largest absolute Gasteiger partial charge is 0.453 e. The highest BCUT2D eigenvalue weighted by molar-refractivity contribution is 5.91. The van der Waals surface area contributed by atoms with Crippen molar-refractivity contribution < 1.29 is 18.7 Å². The molecule has 1 fully saturated rings. The maximum absolute atomic E-state index is 14.4. The van der Waals surface area contributed by atoms with Gasteiger partial charge in [0, 0.05) is 38.5 Å². The molecule has 2 heterocycles. The number of halogens is 1. The van der Waals surface area contributed by atoms with Gasteiger partial charge in [0.25, 0.3) is 0 Å². The van der Waals surface area contributed by atoms with Gasteiger partial charge in [-0.2, -0.15) is 0 Å². The summed E-state index contributed by atoms with van der Waals surface area (Å²) < 4.78 is 19.8. The number of amides is 2. The lowest BCUT2D eigenvalue weighted by Crippen LogP contribution is -2.39. The number of rotatable bonds is 7. The molecule has 1 aliphatic rings. The molecule has 0 bridgehead atoms.